The van der Waals surface area contributed by atoms with Crippen molar-refractivity contribution in [1.29, 1.82) is 0 Å². The Bertz CT molecular complexity index is 1480. The normalized spacial score (nSPS) is 13.5. The minimum atomic E-state index is -4.59. The third-order valence-electron chi connectivity index (χ3n) is 5.97. The number of nitrogens with zero attached hydrogens (tertiary/aromatic N) is 3. The van der Waals surface area contributed by atoms with Gasteiger partial charge in [-0.05, 0) is 61.1 Å². The summed E-state index contributed by atoms with van der Waals surface area (Å²) >= 11 is 2.54. The number of rotatable bonds is 6. The average Bonchev–Trinajstić information content (AvgIpc) is 3.23. The Labute approximate surface area is 212 Å². The molecule has 0 saturated carbocycles. The van der Waals surface area contributed by atoms with E-state index in [0.717, 1.165) is 54.6 Å². The summed E-state index contributed by atoms with van der Waals surface area (Å²) in [6.07, 6.45) is 2.55. The van der Waals surface area contributed by atoms with Gasteiger partial charge < -0.3 is 5.32 Å². The fourth-order valence-corrected chi connectivity index (χ4v) is 6.40. The van der Waals surface area contributed by atoms with Crippen molar-refractivity contribution < 1.29 is 18.0 Å². The van der Waals surface area contributed by atoms with Gasteiger partial charge in [-0.15, -0.1) is 11.3 Å². The van der Waals surface area contributed by atoms with Crippen LogP contribution < -0.4 is 10.9 Å². The van der Waals surface area contributed by atoms with Crippen LogP contribution in [0, 0.1) is 0 Å². The maximum Gasteiger partial charge on any atom is 0.418 e. The summed E-state index contributed by atoms with van der Waals surface area (Å²) in [5.41, 5.74) is 0.533. The van der Waals surface area contributed by atoms with Crippen LogP contribution in [0.25, 0.3) is 10.2 Å². The van der Waals surface area contributed by atoms with Gasteiger partial charge in [-0.25, -0.2) is 4.98 Å². The minimum Gasteiger partial charge on any atom is -0.325 e. The molecule has 1 aliphatic carbocycles. The molecule has 0 unspecified atom stereocenters. The molecule has 36 heavy (non-hydrogen) atoms. The van der Waals surface area contributed by atoms with Crippen LogP contribution in [0.3, 0.4) is 0 Å². The number of aryl methyl sites for hydroxylation is 2. The highest BCUT2D eigenvalue weighted by Gasteiger charge is 2.33. The van der Waals surface area contributed by atoms with Gasteiger partial charge in [0, 0.05) is 17.3 Å². The van der Waals surface area contributed by atoms with Crippen molar-refractivity contribution in [2.75, 3.05) is 11.1 Å². The molecule has 0 fully saturated rings. The standard InChI is InChI=1S/C25H21F3N4O2S2/c26-25(27,28)17-6-2-3-7-18(17)30-20(33)14-35-24-31-22-21(16-5-1-4-8-19(16)36-22)23(34)32(24)13-15-9-11-29-12-10-15/h2-3,6-7,9-12H,1,4-5,8,13-14H2,(H,30,33). The highest BCUT2D eigenvalue weighted by Crippen LogP contribution is 2.36. The van der Waals surface area contributed by atoms with E-state index in [0.29, 0.717) is 15.4 Å². The Kier molecular flexibility index (Phi) is 6.85. The van der Waals surface area contributed by atoms with E-state index in [-0.39, 0.29) is 23.5 Å². The van der Waals surface area contributed by atoms with Crippen LogP contribution >= 0.6 is 23.1 Å². The van der Waals surface area contributed by atoms with Crippen LogP contribution in [0.15, 0.2) is 58.7 Å². The second-order valence-electron chi connectivity index (χ2n) is 8.41. The van der Waals surface area contributed by atoms with Crippen molar-refractivity contribution in [3.8, 4) is 0 Å². The van der Waals surface area contributed by atoms with Gasteiger partial charge >= 0.3 is 6.18 Å². The summed E-state index contributed by atoms with van der Waals surface area (Å²) in [7, 11) is 0. The molecule has 5 rings (SSSR count). The lowest BCUT2D eigenvalue weighted by Crippen LogP contribution is -2.25. The van der Waals surface area contributed by atoms with Crippen molar-refractivity contribution in [3.63, 3.8) is 0 Å². The van der Waals surface area contributed by atoms with Crippen LogP contribution in [0.4, 0.5) is 18.9 Å². The Morgan fingerprint density at radius 2 is 1.86 bits per heavy atom. The van der Waals surface area contributed by atoms with Crippen LogP contribution in [-0.4, -0.2) is 26.2 Å². The highest BCUT2D eigenvalue weighted by atomic mass is 32.2. The molecule has 6 nitrogen and oxygen atoms in total. The van der Waals surface area contributed by atoms with Crippen molar-refractivity contribution in [2.45, 2.75) is 43.6 Å². The van der Waals surface area contributed by atoms with E-state index < -0.39 is 17.6 Å². The number of thiophene rings is 1. The van der Waals surface area contributed by atoms with E-state index in [1.165, 1.54) is 34.4 Å². The number of nitrogens with one attached hydrogen (secondary N) is 1. The van der Waals surface area contributed by atoms with Crippen molar-refractivity contribution >= 4 is 44.9 Å². The number of anilines is 1. The first-order valence-electron chi connectivity index (χ1n) is 11.3. The number of benzene rings is 1. The van der Waals surface area contributed by atoms with E-state index in [2.05, 4.69) is 10.3 Å². The quantitative estimate of drug-likeness (QED) is 0.262. The number of amides is 1. The average molecular weight is 531 g/mol. The number of carbonyl (C=O) groups excluding carboxylic acids is 1. The number of pyridine rings is 1. The molecule has 0 bridgehead atoms. The summed E-state index contributed by atoms with van der Waals surface area (Å²) < 4.78 is 41.4. The predicted molar refractivity (Wildman–Crippen MR) is 135 cm³/mol. The molecule has 1 aliphatic rings. The van der Waals surface area contributed by atoms with Gasteiger partial charge in [-0.3, -0.25) is 19.1 Å². The molecule has 186 valence electrons. The Balaban J connectivity index is 1.46. The third kappa shape index (κ3) is 5.03. The number of thioether (sulfide) groups is 1. The van der Waals surface area contributed by atoms with E-state index >= 15 is 0 Å². The van der Waals surface area contributed by atoms with Gasteiger partial charge in [-0.2, -0.15) is 13.2 Å². The number of fused-ring (bicyclic) bond motifs is 3. The van der Waals surface area contributed by atoms with Crippen LogP contribution in [-0.2, 0) is 30.4 Å². The smallest absolute Gasteiger partial charge is 0.325 e. The molecule has 1 amide bonds. The van der Waals surface area contributed by atoms with Crippen LogP contribution in [0.5, 0.6) is 0 Å². The molecule has 4 aromatic rings. The summed E-state index contributed by atoms with van der Waals surface area (Å²) in [5, 5.41) is 3.33. The number of para-hydroxylation sites is 1. The van der Waals surface area contributed by atoms with Gasteiger partial charge in [-0.1, -0.05) is 23.9 Å². The third-order valence-corrected chi connectivity index (χ3v) is 8.13. The second kappa shape index (κ2) is 10.1. The Hall–Kier alpha value is -3.18. The predicted octanol–water partition coefficient (Wildman–Crippen LogP) is 5.53. The first-order valence-corrected chi connectivity index (χ1v) is 13.1. The van der Waals surface area contributed by atoms with Crippen LogP contribution in [0.1, 0.15) is 34.4 Å². The van der Waals surface area contributed by atoms with Crippen molar-refractivity contribution in [2.24, 2.45) is 0 Å². The summed E-state index contributed by atoms with van der Waals surface area (Å²) in [4.78, 5) is 36.9. The van der Waals surface area contributed by atoms with Crippen molar-refractivity contribution in [3.05, 3.63) is 80.7 Å². The number of carbonyl (C=O) groups is 1. The topological polar surface area (TPSA) is 76.9 Å². The van der Waals surface area contributed by atoms with Crippen LogP contribution in [0.2, 0.25) is 0 Å². The maximum atomic E-state index is 13.7. The fraction of sp³-hybridized carbons (Fsp3) is 0.280. The molecular weight excluding hydrogens is 509 g/mol. The minimum absolute atomic E-state index is 0.165. The van der Waals surface area contributed by atoms with Gasteiger partial charge in [0.05, 0.1) is 28.9 Å². The molecule has 0 atom stereocenters. The van der Waals surface area contributed by atoms with Gasteiger partial charge in [0.15, 0.2) is 5.16 Å². The number of hydrogen-bond donors (Lipinski definition) is 1. The molecule has 0 saturated heterocycles. The fourth-order valence-electron chi connectivity index (χ4n) is 4.30. The highest BCUT2D eigenvalue weighted by molar-refractivity contribution is 7.99. The van der Waals surface area contributed by atoms with Gasteiger partial charge in [0.1, 0.15) is 4.83 Å². The molecule has 3 aromatic heterocycles. The number of halogens is 3. The molecule has 0 radical (unpaired) electrons. The van der Waals surface area contributed by atoms with E-state index in [1.807, 2.05) is 0 Å². The zero-order valence-electron chi connectivity index (χ0n) is 19.0. The monoisotopic (exact) mass is 530 g/mol. The number of alkyl halides is 3. The first-order chi connectivity index (χ1) is 17.3. The Morgan fingerprint density at radius 3 is 2.64 bits per heavy atom. The van der Waals surface area contributed by atoms with E-state index in [9.17, 15) is 22.8 Å². The lowest BCUT2D eigenvalue weighted by atomic mass is 9.97. The summed E-state index contributed by atoms with van der Waals surface area (Å²) in [5.74, 6) is -0.821. The molecule has 0 spiro atoms. The molecular formula is C25H21F3N4O2S2. The molecule has 3 heterocycles. The molecule has 1 aromatic carbocycles. The largest absolute Gasteiger partial charge is 0.418 e. The lowest BCUT2D eigenvalue weighted by molar-refractivity contribution is -0.137. The molecule has 1 N–H and O–H groups in total. The maximum absolute atomic E-state index is 13.7. The zero-order chi connectivity index (χ0) is 25.3. The zero-order valence-corrected chi connectivity index (χ0v) is 20.6. The molecule has 0 aliphatic heterocycles. The SMILES string of the molecule is O=C(CSc1nc2sc3c(c2c(=O)n1Cc1ccncc1)CCCC3)Nc1ccccc1C(F)(F)F. The van der Waals surface area contributed by atoms with E-state index in [4.69, 9.17) is 4.98 Å². The second-order valence-corrected chi connectivity index (χ2v) is 10.4. The lowest BCUT2D eigenvalue weighted by Gasteiger charge is -2.15. The summed E-state index contributed by atoms with van der Waals surface area (Å²) in [6, 6.07) is 8.43. The Morgan fingerprint density at radius 1 is 1.11 bits per heavy atom. The van der Waals surface area contributed by atoms with Crippen molar-refractivity contribution in [1.82, 2.24) is 14.5 Å². The molecule has 11 heteroatoms. The summed E-state index contributed by atoms with van der Waals surface area (Å²) in [6.45, 7) is 0.246. The van der Waals surface area contributed by atoms with Gasteiger partial charge in [0.25, 0.3) is 5.56 Å². The number of aromatic nitrogens is 3. The number of hydrogen-bond acceptors (Lipinski definition) is 6. The van der Waals surface area contributed by atoms with E-state index in [1.54, 1.807) is 29.1 Å². The van der Waals surface area contributed by atoms with Gasteiger partial charge in [0.2, 0.25) is 5.91 Å². The first kappa shape index (κ1) is 24.5.